The van der Waals surface area contributed by atoms with Gasteiger partial charge in [0.15, 0.2) is 0 Å². The minimum atomic E-state index is 0.417. The van der Waals surface area contributed by atoms with Gasteiger partial charge in [0.2, 0.25) is 0 Å². The average Bonchev–Trinajstić information content (AvgIpc) is 2.96. The standard InChI is InChI=1S/C13H17ClO2/c1-8(13-9(2)16-13)6-10-4-5-12(15-3)11(14)7-10/h4-5,7-9,13H,6H2,1-3H3. The van der Waals surface area contributed by atoms with Gasteiger partial charge >= 0.3 is 0 Å². The van der Waals surface area contributed by atoms with Crippen LogP contribution in [0, 0.1) is 5.92 Å². The third-order valence-corrected chi connectivity index (χ3v) is 3.39. The lowest BCUT2D eigenvalue weighted by molar-refractivity contribution is 0.328. The fraction of sp³-hybridized carbons (Fsp3) is 0.538. The Morgan fingerprint density at radius 3 is 2.69 bits per heavy atom. The molecule has 3 heteroatoms. The van der Waals surface area contributed by atoms with Crippen LogP contribution in [-0.2, 0) is 11.2 Å². The van der Waals surface area contributed by atoms with Crippen molar-refractivity contribution in [2.75, 3.05) is 7.11 Å². The maximum Gasteiger partial charge on any atom is 0.137 e. The fourth-order valence-corrected chi connectivity index (χ4v) is 2.40. The summed E-state index contributed by atoms with van der Waals surface area (Å²) in [5.41, 5.74) is 1.24. The Morgan fingerprint density at radius 2 is 2.19 bits per heavy atom. The van der Waals surface area contributed by atoms with Gasteiger partial charge in [-0.1, -0.05) is 24.6 Å². The normalized spacial score (nSPS) is 25.2. The monoisotopic (exact) mass is 240 g/mol. The second-order valence-electron chi connectivity index (χ2n) is 4.46. The first-order chi connectivity index (χ1) is 7.61. The van der Waals surface area contributed by atoms with E-state index in [2.05, 4.69) is 19.9 Å². The topological polar surface area (TPSA) is 21.8 Å². The van der Waals surface area contributed by atoms with E-state index >= 15 is 0 Å². The van der Waals surface area contributed by atoms with E-state index in [1.165, 1.54) is 5.56 Å². The van der Waals surface area contributed by atoms with Crippen molar-refractivity contribution in [1.82, 2.24) is 0 Å². The number of hydrogen-bond donors (Lipinski definition) is 0. The molecule has 2 rings (SSSR count). The van der Waals surface area contributed by atoms with E-state index < -0.39 is 0 Å². The number of epoxide rings is 1. The van der Waals surface area contributed by atoms with Crippen LogP contribution in [-0.4, -0.2) is 19.3 Å². The highest BCUT2D eigenvalue weighted by Gasteiger charge is 2.38. The molecule has 1 aromatic carbocycles. The lowest BCUT2D eigenvalue weighted by Crippen LogP contribution is -2.09. The van der Waals surface area contributed by atoms with Gasteiger partial charge in [-0.3, -0.25) is 0 Å². The van der Waals surface area contributed by atoms with Crippen LogP contribution in [0.1, 0.15) is 19.4 Å². The number of ether oxygens (including phenoxy) is 2. The third-order valence-electron chi connectivity index (χ3n) is 3.09. The van der Waals surface area contributed by atoms with Crippen LogP contribution in [0.4, 0.5) is 0 Å². The van der Waals surface area contributed by atoms with Crippen molar-refractivity contribution < 1.29 is 9.47 Å². The zero-order valence-electron chi connectivity index (χ0n) is 9.87. The van der Waals surface area contributed by atoms with Crippen molar-refractivity contribution >= 4 is 11.6 Å². The van der Waals surface area contributed by atoms with E-state index in [1.807, 2.05) is 12.1 Å². The van der Waals surface area contributed by atoms with Crippen LogP contribution in [0.5, 0.6) is 5.75 Å². The van der Waals surface area contributed by atoms with Gasteiger partial charge in [0.1, 0.15) is 5.75 Å². The lowest BCUT2D eigenvalue weighted by atomic mass is 9.97. The van der Waals surface area contributed by atoms with Crippen LogP contribution >= 0.6 is 11.6 Å². The van der Waals surface area contributed by atoms with Gasteiger partial charge in [0.05, 0.1) is 24.3 Å². The Labute approximate surface area is 102 Å². The van der Waals surface area contributed by atoms with Gasteiger partial charge in [-0.05, 0) is 37.0 Å². The van der Waals surface area contributed by atoms with Crippen molar-refractivity contribution in [3.63, 3.8) is 0 Å². The Morgan fingerprint density at radius 1 is 1.50 bits per heavy atom. The maximum atomic E-state index is 6.08. The molecule has 0 spiro atoms. The molecular weight excluding hydrogens is 224 g/mol. The summed E-state index contributed by atoms with van der Waals surface area (Å²) >= 11 is 6.08. The van der Waals surface area contributed by atoms with Crippen LogP contribution in [0.15, 0.2) is 18.2 Å². The molecule has 1 fully saturated rings. The summed E-state index contributed by atoms with van der Waals surface area (Å²) in [6, 6.07) is 5.96. The van der Waals surface area contributed by atoms with Crippen molar-refractivity contribution in [2.45, 2.75) is 32.5 Å². The average molecular weight is 241 g/mol. The minimum Gasteiger partial charge on any atom is -0.495 e. The Bertz CT molecular complexity index is 378. The van der Waals surface area contributed by atoms with E-state index in [0.29, 0.717) is 23.1 Å². The second kappa shape index (κ2) is 4.64. The quantitative estimate of drug-likeness (QED) is 0.754. The third kappa shape index (κ3) is 2.50. The largest absolute Gasteiger partial charge is 0.495 e. The van der Waals surface area contributed by atoms with Crippen molar-refractivity contribution in [3.05, 3.63) is 28.8 Å². The molecule has 0 saturated carbocycles. The molecule has 3 atom stereocenters. The van der Waals surface area contributed by atoms with E-state index in [9.17, 15) is 0 Å². The van der Waals surface area contributed by atoms with E-state index in [0.717, 1.165) is 12.2 Å². The zero-order valence-corrected chi connectivity index (χ0v) is 10.6. The smallest absolute Gasteiger partial charge is 0.137 e. The summed E-state index contributed by atoms with van der Waals surface area (Å²) in [6.07, 6.45) is 1.84. The first-order valence-electron chi connectivity index (χ1n) is 5.59. The maximum absolute atomic E-state index is 6.08. The molecular formula is C13H17ClO2. The summed E-state index contributed by atoms with van der Waals surface area (Å²) in [4.78, 5) is 0. The van der Waals surface area contributed by atoms with Gasteiger partial charge in [-0.15, -0.1) is 0 Å². The van der Waals surface area contributed by atoms with Crippen LogP contribution in [0.25, 0.3) is 0 Å². The number of benzene rings is 1. The minimum absolute atomic E-state index is 0.417. The van der Waals surface area contributed by atoms with Crippen LogP contribution in [0.2, 0.25) is 5.02 Å². The van der Waals surface area contributed by atoms with E-state index in [-0.39, 0.29) is 0 Å². The molecule has 1 aromatic rings. The van der Waals surface area contributed by atoms with Crippen LogP contribution in [0.3, 0.4) is 0 Å². The Hall–Kier alpha value is -0.730. The van der Waals surface area contributed by atoms with Gasteiger partial charge in [-0.2, -0.15) is 0 Å². The van der Waals surface area contributed by atoms with Gasteiger partial charge in [0.25, 0.3) is 0 Å². The Kier molecular flexibility index (Phi) is 3.41. The van der Waals surface area contributed by atoms with Gasteiger partial charge in [-0.25, -0.2) is 0 Å². The Balaban J connectivity index is 2.01. The van der Waals surface area contributed by atoms with E-state index in [1.54, 1.807) is 7.11 Å². The van der Waals surface area contributed by atoms with Gasteiger partial charge < -0.3 is 9.47 Å². The molecule has 1 saturated heterocycles. The van der Waals surface area contributed by atoms with E-state index in [4.69, 9.17) is 21.1 Å². The molecule has 0 bridgehead atoms. The zero-order chi connectivity index (χ0) is 11.7. The number of hydrogen-bond acceptors (Lipinski definition) is 2. The predicted octanol–water partition coefficient (Wildman–Crippen LogP) is 3.31. The number of methoxy groups -OCH3 is 1. The summed E-state index contributed by atoms with van der Waals surface area (Å²) in [7, 11) is 1.63. The fourth-order valence-electron chi connectivity index (χ4n) is 2.12. The molecule has 2 nitrogen and oxygen atoms in total. The van der Waals surface area contributed by atoms with Crippen molar-refractivity contribution in [1.29, 1.82) is 0 Å². The molecule has 1 aliphatic rings. The molecule has 0 aliphatic carbocycles. The molecule has 0 amide bonds. The summed E-state index contributed by atoms with van der Waals surface area (Å²) in [5.74, 6) is 1.27. The number of rotatable bonds is 4. The van der Waals surface area contributed by atoms with Crippen molar-refractivity contribution in [3.8, 4) is 5.75 Å². The summed E-state index contributed by atoms with van der Waals surface area (Å²) in [5, 5.41) is 0.678. The molecule has 88 valence electrons. The number of halogens is 1. The van der Waals surface area contributed by atoms with Crippen LogP contribution < -0.4 is 4.74 Å². The van der Waals surface area contributed by atoms with Crippen molar-refractivity contribution in [2.24, 2.45) is 5.92 Å². The SMILES string of the molecule is COc1ccc(CC(C)C2OC2C)cc1Cl. The predicted molar refractivity (Wildman–Crippen MR) is 65.2 cm³/mol. The highest BCUT2D eigenvalue weighted by molar-refractivity contribution is 6.32. The first kappa shape index (κ1) is 11.7. The summed E-state index contributed by atoms with van der Waals surface area (Å²) < 4.78 is 10.6. The lowest BCUT2D eigenvalue weighted by Gasteiger charge is -2.10. The molecule has 1 aliphatic heterocycles. The highest BCUT2D eigenvalue weighted by Crippen LogP contribution is 2.32. The first-order valence-corrected chi connectivity index (χ1v) is 5.97. The molecule has 0 radical (unpaired) electrons. The van der Waals surface area contributed by atoms with Gasteiger partial charge in [0, 0.05) is 0 Å². The highest BCUT2D eigenvalue weighted by atomic mass is 35.5. The molecule has 0 aromatic heterocycles. The molecule has 3 unspecified atom stereocenters. The molecule has 16 heavy (non-hydrogen) atoms. The molecule has 0 N–H and O–H groups in total. The second-order valence-corrected chi connectivity index (χ2v) is 4.86. The summed E-state index contributed by atoms with van der Waals surface area (Å²) in [6.45, 7) is 4.33. The molecule has 1 heterocycles.